The molecule has 0 radical (unpaired) electrons. The number of thiophene rings is 1. The Morgan fingerprint density at radius 2 is 2.37 bits per heavy atom. The number of nitrogens with zero attached hydrogens (tertiary/aromatic N) is 1. The zero-order valence-electron chi connectivity index (χ0n) is 11.1. The van der Waals surface area contributed by atoms with E-state index in [0.717, 1.165) is 30.7 Å². The molecule has 2 aromatic heterocycles. The largest absolute Gasteiger partial charge is 0.345 e. The van der Waals surface area contributed by atoms with Crippen LogP contribution < -0.4 is 5.32 Å². The quantitative estimate of drug-likeness (QED) is 0.885. The molecular weight excluding hydrogens is 258 g/mol. The van der Waals surface area contributed by atoms with E-state index in [2.05, 4.69) is 27.0 Å². The average Bonchev–Trinajstić information content (AvgIpc) is 2.97. The second kappa shape index (κ2) is 4.81. The van der Waals surface area contributed by atoms with E-state index in [-0.39, 0.29) is 11.9 Å². The minimum absolute atomic E-state index is 0.0206. The van der Waals surface area contributed by atoms with Gasteiger partial charge in [0, 0.05) is 10.6 Å². The number of amides is 1. The molecule has 1 atom stereocenters. The normalized spacial score (nSPS) is 18.1. The number of aryl methyl sites for hydroxylation is 3. The van der Waals surface area contributed by atoms with Crippen LogP contribution in [-0.2, 0) is 6.42 Å². The van der Waals surface area contributed by atoms with E-state index in [0.29, 0.717) is 5.56 Å². The van der Waals surface area contributed by atoms with E-state index >= 15 is 0 Å². The fourth-order valence-electron chi connectivity index (χ4n) is 2.75. The zero-order chi connectivity index (χ0) is 13.4. The molecule has 3 rings (SSSR count). The van der Waals surface area contributed by atoms with Crippen LogP contribution in [0.1, 0.15) is 51.1 Å². The monoisotopic (exact) mass is 275 g/mol. The van der Waals surface area contributed by atoms with Crippen LogP contribution in [0.3, 0.4) is 0 Å². The molecule has 0 saturated heterocycles. The van der Waals surface area contributed by atoms with Crippen LogP contribution >= 0.6 is 11.3 Å². The number of rotatable bonds is 2. The summed E-state index contributed by atoms with van der Waals surface area (Å²) in [6.07, 6.45) is 3.30. The molecule has 2 aromatic rings. The molecule has 4 nitrogen and oxygen atoms in total. The first kappa shape index (κ1) is 12.4. The average molecular weight is 275 g/mol. The van der Waals surface area contributed by atoms with Gasteiger partial charge in [0.2, 0.25) is 0 Å². The van der Waals surface area contributed by atoms with E-state index < -0.39 is 0 Å². The molecule has 5 heteroatoms. The molecule has 1 unspecified atom stereocenters. The second-order valence-electron chi connectivity index (χ2n) is 5.03. The number of fused-ring (bicyclic) bond motifs is 1. The standard InChI is InChI=1S/C14H17N3OS/c1-8-13(9(2)17-16-8)14(18)15-11-4-3-5-12-10(11)6-7-19-12/h6-7,11H,3-5H2,1-2H3,(H,15,18)(H,16,17). The molecule has 100 valence electrons. The lowest BCUT2D eigenvalue weighted by molar-refractivity contribution is 0.0932. The van der Waals surface area contributed by atoms with Gasteiger partial charge in [-0.1, -0.05) is 0 Å². The summed E-state index contributed by atoms with van der Waals surface area (Å²) in [5, 5.41) is 12.2. The molecule has 0 spiro atoms. The lowest BCUT2D eigenvalue weighted by Crippen LogP contribution is -2.31. The zero-order valence-corrected chi connectivity index (χ0v) is 11.9. The molecule has 1 aliphatic rings. The maximum Gasteiger partial charge on any atom is 0.255 e. The molecule has 0 bridgehead atoms. The van der Waals surface area contributed by atoms with Gasteiger partial charge in [-0.3, -0.25) is 9.89 Å². The van der Waals surface area contributed by atoms with Crippen LogP contribution in [0.15, 0.2) is 11.4 Å². The fourth-order valence-corrected chi connectivity index (χ4v) is 3.74. The summed E-state index contributed by atoms with van der Waals surface area (Å²) in [7, 11) is 0. The van der Waals surface area contributed by atoms with Crippen LogP contribution in [0.2, 0.25) is 0 Å². The van der Waals surface area contributed by atoms with Gasteiger partial charge in [-0.15, -0.1) is 11.3 Å². The maximum atomic E-state index is 12.4. The predicted molar refractivity (Wildman–Crippen MR) is 75.5 cm³/mol. The summed E-state index contributed by atoms with van der Waals surface area (Å²) < 4.78 is 0. The Hall–Kier alpha value is -1.62. The van der Waals surface area contributed by atoms with Crippen molar-refractivity contribution in [3.63, 3.8) is 0 Å². The van der Waals surface area contributed by atoms with Crippen LogP contribution in [-0.4, -0.2) is 16.1 Å². The number of aromatic amines is 1. The molecule has 1 aliphatic carbocycles. The van der Waals surface area contributed by atoms with Crippen LogP contribution in [0.25, 0.3) is 0 Å². The van der Waals surface area contributed by atoms with Crippen molar-refractivity contribution in [2.75, 3.05) is 0 Å². The molecule has 0 aliphatic heterocycles. The molecule has 19 heavy (non-hydrogen) atoms. The number of carbonyl (C=O) groups is 1. The van der Waals surface area contributed by atoms with Crippen molar-refractivity contribution in [2.24, 2.45) is 0 Å². The molecule has 2 heterocycles. The van der Waals surface area contributed by atoms with Gasteiger partial charge in [0.15, 0.2) is 0 Å². The SMILES string of the molecule is Cc1n[nH]c(C)c1C(=O)NC1CCCc2sccc21. The van der Waals surface area contributed by atoms with Crippen molar-refractivity contribution in [1.29, 1.82) is 0 Å². The highest BCUT2D eigenvalue weighted by atomic mass is 32.1. The third-order valence-corrected chi connectivity index (χ3v) is 4.71. The highest BCUT2D eigenvalue weighted by Crippen LogP contribution is 2.33. The topological polar surface area (TPSA) is 57.8 Å². The number of carbonyl (C=O) groups excluding carboxylic acids is 1. The number of hydrogen-bond acceptors (Lipinski definition) is 3. The highest BCUT2D eigenvalue weighted by molar-refractivity contribution is 7.10. The van der Waals surface area contributed by atoms with Crippen LogP contribution in [0.4, 0.5) is 0 Å². The molecular formula is C14H17N3OS. The Bertz CT molecular complexity index is 594. The third kappa shape index (κ3) is 2.18. The van der Waals surface area contributed by atoms with Crippen LogP contribution in [0.5, 0.6) is 0 Å². The lowest BCUT2D eigenvalue weighted by atomic mass is 9.93. The van der Waals surface area contributed by atoms with Gasteiger partial charge < -0.3 is 5.32 Å². The third-order valence-electron chi connectivity index (χ3n) is 3.71. The number of H-pyrrole nitrogens is 1. The summed E-state index contributed by atoms with van der Waals surface area (Å²) in [5.74, 6) is -0.0206. The number of hydrogen-bond donors (Lipinski definition) is 2. The van der Waals surface area contributed by atoms with Crippen LogP contribution in [0, 0.1) is 13.8 Å². The van der Waals surface area contributed by atoms with E-state index in [9.17, 15) is 4.79 Å². The Morgan fingerprint density at radius 3 is 3.11 bits per heavy atom. The van der Waals surface area contributed by atoms with Crippen molar-refractivity contribution in [1.82, 2.24) is 15.5 Å². The van der Waals surface area contributed by atoms with Gasteiger partial charge in [-0.25, -0.2) is 0 Å². The number of aromatic nitrogens is 2. The first-order chi connectivity index (χ1) is 9.16. The highest BCUT2D eigenvalue weighted by Gasteiger charge is 2.24. The first-order valence-electron chi connectivity index (χ1n) is 6.55. The Kier molecular flexibility index (Phi) is 3.14. The molecule has 0 saturated carbocycles. The Balaban J connectivity index is 1.82. The Labute approximate surface area is 116 Å². The van der Waals surface area contributed by atoms with Gasteiger partial charge in [0.1, 0.15) is 0 Å². The first-order valence-corrected chi connectivity index (χ1v) is 7.43. The molecule has 0 fully saturated rings. The predicted octanol–water partition coefficient (Wildman–Crippen LogP) is 2.90. The van der Waals surface area contributed by atoms with Crippen molar-refractivity contribution >= 4 is 17.2 Å². The minimum atomic E-state index is -0.0206. The molecule has 1 amide bonds. The van der Waals surface area contributed by atoms with E-state index in [1.807, 2.05) is 13.8 Å². The smallest absolute Gasteiger partial charge is 0.255 e. The van der Waals surface area contributed by atoms with Gasteiger partial charge in [-0.05, 0) is 50.1 Å². The Morgan fingerprint density at radius 1 is 1.53 bits per heavy atom. The summed E-state index contributed by atoms with van der Waals surface area (Å²) in [6, 6.07) is 2.29. The summed E-state index contributed by atoms with van der Waals surface area (Å²) in [6.45, 7) is 3.74. The van der Waals surface area contributed by atoms with E-state index in [1.54, 1.807) is 11.3 Å². The summed E-state index contributed by atoms with van der Waals surface area (Å²) >= 11 is 1.79. The van der Waals surface area contributed by atoms with Crippen molar-refractivity contribution in [2.45, 2.75) is 39.2 Å². The van der Waals surface area contributed by atoms with Gasteiger partial charge in [0.05, 0.1) is 17.3 Å². The lowest BCUT2D eigenvalue weighted by Gasteiger charge is -2.23. The number of nitrogens with one attached hydrogen (secondary N) is 2. The van der Waals surface area contributed by atoms with Gasteiger partial charge in [0.25, 0.3) is 5.91 Å². The molecule has 2 N–H and O–H groups in total. The van der Waals surface area contributed by atoms with E-state index in [1.165, 1.54) is 10.4 Å². The van der Waals surface area contributed by atoms with Crippen molar-refractivity contribution < 1.29 is 4.79 Å². The van der Waals surface area contributed by atoms with Gasteiger partial charge >= 0.3 is 0 Å². The summed E-state index contributed by atoms with van der Waals surface area (Å²) in [4.78, 5) is 13.8. The maximum absolute atomic E-state index is 12.4. The van der Waals surface area contributed by atoms with Crippen molar-refractivity contribution in [3.05, 3.63) is 38.8 Å². The fraction of sp³-hybridized carbons (Fsp3) is 0.429. The van der Waals surface area contributed by atoms with E-state index in [4.69, 9.17) is 0 Å². The minimum Gasteiger partial charge on any atom is -0.345 e. The second-order valence-corrected chi connectivity index (χ2v) is 6.03. The summed E-state index contributed by atoms with van der Waals surface area (Å²) in [5.41, 5.74) is 3.57. The molecule has 0 aromatic carbocycles. The van der Waals surface area contributed by atoms with Crippen molar-refractivity contribution in [3.8, 4) is 0 Å². The van der Waals surface area contributed by atoms with Gasteiger partial charge in [-0.2, -0.15) is 5.10 Å².